The molecule has 0 radical (unpaired) electrons. The van der Waals surface area contributed by atoms with Crippen molar-refractivity contribution in [2.24, 2.45) is 0 Å². The van der Waals surface area contributed by atoms with Gasteiger partial charge < -0.3 is 19.7 Å². The fourth-order valence-electron chi connectivity index (χ4n) is 2.36. The summed E-state index contributed by atoms with van der Waals surface area (Å²) in [5.41, 5.74) is 0.370. The maximum atomic E-state index is 10.9. The Morgan fingerprint density at radius 2 is 1.23 bits per heavy atom. The molecule has 0 unspecified atom stereocenters. The van der Waals surface area contributed by atoms with Crippen LogP contribution in [0.1, 0.15) is 53.3 Å². The van der Waals surface area contributed by atoms with Gasteiger partial charge in [-0.1, -0.05) is 19.8 Å². The lowest BCUT2D eigenvalue weighted by atomic mass is 10.2. The molecule has 138 valence electrons. The molecule has 0 aliphatic rings. The van der Waals surface area contributed by atoms with E-state index in [1.165, 1.54) is 24.3 Å². The predicted octanol–water partition coefficient (Wildman–Crippen LogP) is 4.45. The van der Waals surface area contributed by atoms with Gasteiger partial charge in [0.05, 0.1) is 11.1 Å². The summed E-state index contributed by atoms with van der Waals surface area (Å²) >= 11 is 0. The Morgan fingerprint density at radius 3 is 1.58 bits per heavy atom. The molecule has 0 atom stereocenters. The van der Waals surface area contributed by atoms with E-state index in [-0.39, 0.29) is 11.1 Å². The number of hydrogen-bond acceptors (Lipinski definition) is 4. The number of ether oxygens (including phenoxy) is 2. The molecule has 0 aliphatic carbocycles. The normalized spacial score (nSPS) is 10.5. The van der Waals surface area contributed by atoms with Crippen molar-refractivity contribution in [3.05, 3.63) is 59.7 Å². The van der Waals surface area contributed by atoms with Crippen molar-refractivity contribution in [2.45, 2.75) is 38.9 Å². The van der Waals surface area contributed by atoms with E-state index in [1.54, 1.807) is 24.3 Å². The highest BCUT2D eigenvalue weighted by Gasteiger charge is 2.14. The van der Waals surface area contributed by atoms with Crippen LogP contribution >= 0.6 is 0 Å². The second kappa shape index (κ2) is 9.46. The van der Waals surface area contributed by atoms with Crippen molar-refractivity contribution in [3.63, 3.8) is 0 Å². The minimum absolute atomic E-state index is 0.185. The smallest absolute Gasteiger partial charge is 0.335 e. The molecule has 0 saturated heterocycles. The lowest BCUT2D eigenvalue weighted by molar-refractivity contribution is -0.00237. The van der Waals surface area contributed by atoms with Crippen molar-refractivity contribution in [1.82, 2.24) is 0 Å². The average molecular weight is 358 g/mol. The monoisotopic (exact) mass is 358 g/mol. The minimum Gasteiger partial charge on any atom is -0.478 e. The van der Waals surface area contributed by atoms with Crippen LogP contribution in [0.25, 0.3) is 0 Å². The first-order valence-corrected chi connectivity index (χ1v) is 8.49. The number of carbonyl (C=O) groups is 2. The average Bonchev–Trinajstić information content (AvgIpc) is 2.62. The Hall–Kier alpha value is -3.02. The molecule has 0 bridgehead atoms. The fraction of sp³-hybridized carbons (Fsp3) is 0.300. The molecule has 0 spiro atoms. The van der Waals surface area contributed by atoms with Crippen molar-refractivity contribution in [2.75, 3.05) is 0 Å². The maximum absolute atomic E-state index is 10.9. The third-order valence-electron chi connectivity index (χ3n) is 3.78. The van der Waals surface area contributed by atoms with E-state index in [0.29, 0.717) is 17.9 Å². The molecule has 2 aromatic rings. The summed E-state index contributed by atoms with van der Waals surface area (Å²) in [6.45, 7) is 2.10. The second-order valence-electron chi connectivity index (χ2n) is 5.82. The summed E-state index contributed by atoms with van der Waals surface area (Å²) in [4.78, 5) is 21.8. The summed E-state index contributed by atoms with van der Waals surface area (Å²) in [5, 5.41) is 17.9. The summed E-state index contributed by atoms with van der Waals surface area (Å²) in [5.74, 6) is -0.964. The fourth-order valence-corrected chi connectivity index (χ4v) is 2.36. The molecule has 0 heterocycles. The molecule has 0 aliphatic heterocycles. The highest BCUT2D eigenvalue weighted by atomic mass is 16.7. The molecular formula is C20H22O6. The SMILES string of the molecule is CCCCCC(Oc1ccc(C(=O)O)cc1)Oc1ccc(C(=O)O)cc1. The van der Waals surface area contributed by atoms with Crippen LogP contribution in [0.4, 0.5) is 0 Å². The van der Waals surface area contributed by atoms with Gasteiger partial charge in [0, 0.05) is 6.42 Å². The van der Waals surface area contributed by atoms with Crippen LogP contribution in [0.3, 0.4) is 0 Å². The second-order valence-corrected chi connectivity index (χ2v) is 5.82. The Labute approximate surface area is 152 Å². The van der Waals surface area contributed by atoms with E-state index in [9.17, 15) is 9.59 Å². The zero-order valence-electron chi connectivity index (χ0n) is 14.6. The minimum atomic E-state index is -0.995. The zero-order valence-corrected chi connectivity index (χ0v) is 14.6. The van der Waals surface area contributed by atoms with Crippen LogP contribution in [0.15, 0.2) is 48.5 Å². The lowest BCUT2D eigenvalue weighted by Crippen LogP contribution is -2.24. The van der Waals surface area contributed by atoms with Gasteiger partial charge in [-0.3, -0.25) is 0 Å². The van der Waals surface area contributed by atoms with Gasteiger partial charge >= 0.3 is 11.9 Å². The standard InChI is InChI=1S/C20H22O6/c1-2-3-4-5-18(25-16-10-6-14(7-11-16)19(21)22)26-17-12-8-15(9-13-17)20(23)24/h6-13,18H,2-5H2,1H3,(H,21,22)(H,23,24). The highest BCUT2D eigenvalue weighted by molar-refractivity contribution is 5.88. The molecule has 0 fully saturated rings. The van der Waals surface area contributed by atoms with E-state index in [2.05, 4.69) is 6.92 Å². The van der Waals surface area contributed by atoms with Crippen molar-refractivity contribution in [1.29, 1.82) is 0 Å². The van der Waals surface area contributed by atoms with Gasteiger partial charge in [-0.2, -0.15) is 0 Å². The van der Waals surface area contributed by atoms with Crippen molar-refractivity contribution < 1.29 is 29.3 Å². The van der Waals surface area contributed by atoms with Crippen molar-refractivity contribution >= 4 is 11.9 Å². The van der Waals surface area contributed by atoms with E-state index in [0.717, 1.165) is 19.3 Å². The number of hydrogen-bond donors (Lipinski definition) is 2. The quantitative estimate of drug-likeness (QED) is 0.481. The third-order valence-corrected chi connectivity index (χ3v) is 3.78. The van der Waals surface area contributed by atoms with E-state index in [1.807, 2.05) is 0 Å². The van der Waals surface area contributed by atoms with Crippen LogP contribution < -0.4 is 9.47 Å². The van der Waals surface area contributed by atoms with Gasteiger partial charge in [0.2, 0.25) is 6.29 Å². The van der Waals surface area contributed by atoms with Crippen LogP contribution in [0, 0.1) is 0 Å². The Kier molecular flexibility index (Phi) is 7.02. The van der Waals surface area contributed by atoms with E-state index in [4.69, 9.17) is 19.7 Å². The molecule has 2 N–H and O–H groups in total. The number of rotatable bonds is 10. The molecular weight excluding hydrogens is 336 g/mol. The van der Waals surface area contributed by atoms with Gasteiger partial charge in [-0.25, -0.2) is 9.59 Å². The summed E-state index contributed by atoms with van der Waals surface area (Å²) in [6.07, 6.45) is 3.14. The largest absolute Gasteiger partial charge is 0.478 e. The van der Waals surface area contributed by atoms with Crippen LogP contribution in [0.2, 0.25) is 0 Å². The molecule has 0 amide bonds. The summed E-state index contributed by atoms with van der Waals surface area (Å²) < 4.78 is 11.7. The number of aromatic carboxylic acids is 2. The highest BCUT2D eigenvalue weighted by Crippen LogP contribution is 2.21. The Morgan fingerprint density at radius 1 is 0.808 bits per heavy atom. The lowest BCUT2D eigenvalue weighted by Gasteiger charge is -2.21. The van der Waals surface area contributed by atoms with Gasteiger partial charge in [-0.05, 0) is 55.0 Å². The van der Waals surface area contributed by atoms with Crippen LogP contribution in [-0.4, -0.2) is 28.4 Å². The first-order valence-electron chi connectivity index (χ1n) is 8.49. The number of carboxylic acid groups (broad SMARTS) is 2. The predicted molar refractivity (Wildman–Crippen MR) is 96.0 cm³/mol. The maximum Gasteiger partial charge on any atom is 0.335 e. The van der Waals surface area contributed by atoms with Crippen LogP contribution in [0.5, 0.6) is 11.5 Å². The van der Waals surface area contributed by atoms with Gasteiger partial charge in [0.15, 0.2) is 0 Å². The van der Waals surface area contributed by atoms with E-state index < -0.39 is 18.2 Å². The topological polar surface area (TPSA) is 93.1 Å². The first-order chi connectivity index (χ1) is 12.5. The van der Waals surface area contributed by atoms with E-state index >= 15 is 0 Å². The van der Waals surface area contributed by atoms with Gasteiger partial charge in [-0.15, -0.1) is 0 Å². The third kappa shape index (κ3) is 5.81. The Balaban J connectivity index is 2.06. The van der Waals surface area contributed by atoms with Crippen molar-refractivity contribution in [3.8, 4) is 11.5 Å². The van der Waals surface area contributed by atoms with Gasteiger partial charge in [0.25, 0.3) is 0 Å². The number of unbranched alkanes of at least 4 members (excludes halogenated alkanes) is 2. The van der Waals surface area contributed by atoms with Gasteiger partial charge in [0.1, 0.15) is 11.5 Å². The molecule has 6 heteroatoms. The molecule has 2 rings (SSSR count). The molecule has 2 aromatic carbocycles. The summed E-state index contributed by atoms with van der Waals surface area (Å²) in [6, 6.07) is 12.3. The summed E-state index contributed by atoms with van der Waals surface area (Å²) in [7, 11) is 0. The zero-order chi connectivity index (χ0) is 18.9. The Bertz CT molecular complexity index is 661. The first kappa shape index (κ1) is 19.3. The molecule has 0 saturated carbocycles. The molecule has 0 aromatic heterocycles. The molecule has 6 nitrogen and oxygen atoms in total. The van der Waals surface area contributed by atoms with Crippen LogP contribution in [-0.2, 0) is 0 Å². The number of benzene rings is 2. The number of carboxylic acids is 2. The molecule has 26 heavy (non-hydrogen) atoms.